The van der Waals surface area contributed by atoms with Gasteiger partial charge in [-0.15, -0.1) is 0 Å². The Balaban J connectivity index is 1.32. The Labute approximate surface area is 246 Å². The molecule has 3 heterocycles. The van der Waals surface area contributed by atoms with Crippen molar-refractivity contribution in [2.75, 3.05) is 0 Å². The van der Waals surface area contributed by atoms with Crippen molar-refractivity contribution in [2.45, 2.75) is 0 Å². The van der Waals surface area contributed by atoms with Crippen LogP contribution in [0.25, 0.3) is 88.4 Å². The highest BCUT2D eigenvalue weighted by Crippen LogP contribution is 2.38. The van der Waals surface area contributed by atoms with Crippen molar-refractivity contribution in [3.8, 4) is 34.2 Å². The highest BCUT2D eigenvalue weighted by atomic mass is 16.3. The zero-order valence-electron chi connectivity index (χ0n) is 22.9. The Bertz CT molecular complexity index is 2520. The van der Waals surface area contributed by atoms with Crippen LogP contribution >= 0.6 is 0 Å². The van der Waals surface area contributed by atoms with Gasteiger partial charge < -0.3 is 4.42 Å². The monoisotopic (exact) mass is 550 g/mol. The van der Waals surface area contributed by atoms with E-state index >= 15 is 0 Å². The lowest BCUT2D eigenvalue weighted by atomic mass is 9.99. The Morgan fingerprint density at radius 3 is 2.12 bits per heavy atom. The normalized spacial score (nSPS) is 11.7. The highest BCUT2D eigenvalue weighted by Gasteiger charge is 2.18. The molecule has 0 aliphatic heterocycles. The number of benzene rings is 6. The molecule has 0 saturated carbocycles. The van der Waals surface area contributed by atoms with Gasteiger partial charge in [-0.05, 0) is 57.3 Å². The molecule has 0 fully saturated rings. The zero-order chi connectivity index (χ0) is 28.3. The Kier molecular flexibility index (Phi) is 5.13. The van der Waals surface area contributed by atoms with Crippen LogP contribution in [0.4, 0.5) is 0 Å². The molecule has 5 heteroatoms. The van der Waals surface area contributed by atoms with E-state index in [2.05, 4.69) is 77.8 Å². The fourth-order valence-corrected chi connectivity index (χ4v) is 6.08. The SMILES string of the molecule is c1ccc(-c2nc(-c3ccc4ccc5ccccc5c4c3)nc(-c3cccc4oc5cc6ccncc6cc5c34)n2)cc1. The molecule has 9 aromatic rings. The summed E-state index contributed by atoms with van der Waals surface area (Å²) in [6.45, 7) is 0. The lowest BCUT2D eigenvalue weighted by Gasteiger charge is -2.10. The molecule has 0 radical (unpaired) electrons. The van der Waals surface area contributed by atoms with Gasteiger partial charge in [0.15, 0.2) is 17.5 Å². The molecule has 0 N–H and O–H groups in total. The summed E-state index contributed by atoms with van der Waals surface area (Å²) in [6.07, 6.45) is 3.68. The standard InChI is InChI=1S/C38H22N4O/c1-2-8-25(9-3-1)36-40-37(27-16-15-24-14-13-23-7-4-5-10-29(23)31(24)19-27)42-38(41-36)30-11-6-12-33-35(30)32-20-28-22-39-18-17-26(28)21-34(32)43-33/h1-22H. The van der Waals surface area contributed by atoms with Crippen LogP contribution in [0.5, 0.6) is 0 Å². The first-order valence-corrected chi connectivity index (χ1v) is 14.2. The van der Waals surface area contributed by atoms with E-state index in [1.165, 1.54) is 21.5 Å². The molecule has 0 spiro atoms. The number of fused-ring (bicyclic) bond motifs is 7. The van der Waals surface area contributed by atoms with Gasteiger partial charge in [0.1, 0.15) is 11.2 Å². The van der Waals surface area contributed by atoms with Crippen LogP contribution < -0.4 is 0 Å². The third-order valence-corrected chi connectivity index (χ3v) is 8.17. The summed E-state index contributed by atoms with van der Waals surface area (Å²) in [6, 6.07) is 41.6. The van der Waals surface area contributed by atoms with E-state index in [4.69, 9.17) is 19.4 Å². The molecular weight excluding hydrogens is 528 g/mol. The van der Waals surface area contributed by atoms with Crippen molar-refractivity contribution in [3.05, 3.63) is 134 Å². The van der Waals surface area contributed by atoms with Crippen LogP contribution in [0.3, 0.4) is 0 Å². The molecule has 0 amide bonds. The summed E-state index contributed by atoms with van der Waals surface area (Å²) >= 11 is 0. The smallest absolute Gasteiger partial charge is 0.164 e. The van der Waals surface area contributed by atoms with E-state index in [0.717, 1.165) is 49.4 Å². The van der Waals surface area contributed by atoms with Gasteiger partial charge in [0.2, 0.25) is 0 Å². The number of rotatable bonds is 3. The van der Waals surface area contributed by atoms with Gasteiger partial charge >= 0.3 is 0 Å². The van der Waals surface area contributed by atoms with Crippen molar-refractivity contribution >= 4 is 54.3 Å². The average molecular weight is 551 g/mol. The molecule has 0 saturated heterocycles. The maximum Gasteiger partial charge on any atom is 0.164 e. The van der Waals surface area contributed by atoms with Crippen LogP contribution in [0.15, 0.2) is 138 Å². The second kappa shape index (κ2) is 9.29. The van der Waals surface area contributed by atoms with E-state index in [9.17, 15) is 0 Å². The van der Waals surface area contributed by atoms with Gasteiger partial charge in [0.05, 0.1) is 0 Å². The number of hydrogen-bond donors (Lipinski definition) is 0. The van der Waals surface area contributed by atoms with E-state index in [1.54, 1.807) is 6.20 Å². The molecule has 0 aliphatic carbocycles. The van der Waals surface area contributed by atoms with E-state index in [1.807, 2.05) is 54.7 Å². The molecule has 43 heavy (non-hydrogen) atoms. The van der Waals surface area contributed by atoms with E-state index < -0.39 is 0 Å². The van der Waals surface area contributed by atoms with Crippen molar-refractivity contribution in [1.82, 2.24) is 19.9 Å². The minimum atomic E-state index is 0.599. The molecule has 5 nitrogen and oxygen atoms in total. The first-order valence-electron chi connectivity index (χ1n) is 14.2. The van der Waals surface area contributed by atoms with Crippen LogP contribution in [0.2, 0.25) is 0 Å². The van der Waals surface area contributed by atoms with Gasteiger partial charge in [-0.2, -0.15) is 0 Å². The molecule has 0 bridgehead atoms. The summed E-state index contributed by atoms with van der Waals surface area (Å²) in [5.74, 6) is 1.85. The summed E-state index contributed by atoms with van der Waals surface area (Å²) < 4.78 is 6.35. The first kappa shape index (κ1) is 23.7. The predicted octanol–water partition coefficient (Wildman–Crippen LogP) is 9.63. The van der Waals surface area contributed by atoms with Gasteiger partial charge in [-0.1, -0.05) is 91.0 Å². The fourth-order valence-electron chi connectivity index (χ4n) is 6.08. The molecule has 0 aliphatic rings. The van der Waals surface area contributed by atoms with Crippen molar-refractivity contribution in [1.29, 1.82) is 0 Å². The van der Waals surface area contributed by atoms with Crippen LogP contribution in [0, 0.1) is 0 Å². The molecule has 3 aromatic heterocycles. The summed E-state index contributed by atoms with van der Waals surface area (Å²) in [7, 11) is 0. The third kappa shape index (κ3) is 3.86. The summed E-state index contributed by atoms with van der Waals surface area (Å²) in [5.41, 5.74) is 4.37. The maximum atomic E-state index is 6.35. The highest BCUT2D eigenvalue weighted by molar-refractivity contribution is 6.15. The molecule has 0 atom stereocenters. The van der Waals surface area contributed by atoms with Gasteiger partial charge in [0.25, 0.3) is 0 Å². The van der Waals surface area contributed by atoms with E-state index in [-0.39, 0.29) is 0 Å². The average Bonchev–Trinajstić information content (AvgIpc) is 3.44. The fraction of sp³-hybridized carbons (Fsp3) is 0. The summed E-state index contributed by atoms with van der Waals surface area (Å²) in [5, 5.41) is 8.87. The number of aromatic nitrogens is 4. The van der Waals surface area contributed by atoms with Gasteiger partial charge in [-0.25, -0.2) is 15.0 Å². The van der Waals surface area contributed by atoms with Crippen LogP contribution in [-0.2, 0) is 0 Å². The number of nitrogens with zero attached hydrogens (tertiary/aromatic N) is 4. The molecule has 0 unspecified atom stereocenters. The molecule has 6 aromatic carbocycles. The van der Waals surface area contributed by atoms with Gasteiger partial charge in [0, 0.05) is 45.2 Å². The molecule has 200 valence electrons. The lowest BCUT2D eigenvalue weighted by molar-refractivity contribution is 0.669. The first-order chi connectivity index (χ1) is 21.3. The lowest BCUT2D eigenvalue weighted by Crippen LogP contribution is -2.00. The number of hydrogen-bond acceptors (Lipinski definition) is 5. The topological polar surface area (TPSA) is 64.7 Å². The van der Waals surface area contributed by atoms with Crippen LogP contribution in [0.1, 0.15) is 0 Å². The second-order valence-corrected chi connectivity index (χ2v) is 10.7. The van der Waals surface area contributed by atoms with Crippen molar-refractivity contribution < 1.29 is 4.42 Å². The van der Waals surface area contributed by atoms with Crippen molar-refractivity contribution in [2.24, 2.45) is 0 Å². The molecule has 9 rings (SSSR count). The Morgan fingerprint density at radius 2 is 1.21 bits per heavy atom. The quantitative estimate of drug-likeness (QED) is 0.205. The van der Waals surface area contributed by atoms with E-state index in [0.29, 0.717) is 17.5 Å². The largest absolute Gasteiger partial charge is 0.456 e. The minimum Gasteiger partial charge on any atom is -0.456 e. The second-order valence-electron chi connectivity index (χ2n) is 10.7. The Hall–Kier alpha value is -5.94. The molecular formula is C38H22N4O. The van der Waals surface area contributed by atoms with Crippen molar-refractivity contribution in [3.63, 3.8) is 0 Å². The van der Waals surface area contributed by atoms with Crippen LogP contribution in [-0.4, -0.2) is 19.9 Å². The Morgan fingerprint density at radius 1 is 0.442 bits per heavy atom. The predicted molar refractivity (Wildman–Crippen MR) is 174 cm³/mol. The van der Waals surface area contributed by atoms with Gasteiger partial charge in [-0.3, -0.25) is 4.98 Å². The number of pyridine rings is 1. The minimum absolute atomic E-state index is 0.599. The number of furan rings is 1. The third-order valence-electron chi connectivity index (χ3n) is 8.17. The zero-order valence-corrected chi connectivity index (χ0v) is 22.9. The summed E-state index contributed by atoms with van der Waals surface area (Å²) in [4.78, 5) is 19.5. The maximum absolute atomic E-state index is 6.35.